The predicted octanol–water partition coefficient (Wildman–Crippen LogP) is 3.19. The average Bonchev–Trinajstić information content (AvgIpc) is 3.04. The highest BCUT2D eigenvalue weighted by Crippen LogP contribution is 2.44. The SMILES string of the molecule is CC(NC(=O)c1cc(Cl)c(N)c(Cl)c1)C(=O)N1CCCC1(C(=O)O)C(C)(C)C. The minimum Gasteiger partial charge on any atom is -0.479 e. The predicted molar refractivity (Wildman–Crippen MR) is 109 cm³/mol. The van der Waals surface area contributed by atoms with Gasteiger partial charge in [0.25, 0.3) is 5.91 Å². The van der Waals surface area contributed by atoms with Crippen molar-refractivity contribution in [1.82, 2.24) is 10.2 Å². The fourth-order valence-electron chi connectivity index (χ4n) is 3.73. The first-order chi connectivity index (χ1) is 12.8. The number of carboxylic acids is 1. The van der Waals surface area contributed by atoms with Gasteiger partial charge in [0.1, 0.15) is 11.6 Å². The molecule has 154 valence electrons. The number of halogens is 2. The number of aliphatic carboxylic acids is 1. The molecule has 2 unspecified atom stereocenters. The number of nitrogens with one attached hydrogen (secondary N) is 1. The molecular formula is C19H25Cl2N3O4. The Labute approximate surface area is 174 Å². The lowest BCUT2D eigenvalue weighted by atomic mass is 9.71. The number of amides is 2. The van der Waals surface area contributed by atoms with Crippen molar-refractivity contribution in [3.05, 3.63) is 27.7 Å². The van der Waals surface area contributed by atoms with Gasteiger partial charge in [0, 0.05) is 12.1 Å². The number of rotatable bonds is 4. The van der Waals surface area contributed by atoms with Crippen LogP contribution in [0, 0.1) is 5.41 Å². The molecule has 1 aromatic rings. The van der Waals surface area contributed by atoms with Gasteiger partial charge in [-0.15, -0.1) is 0 Å². The fourth-order valence-corrected chi connectivity index (χ4v) is 4.22. The molecule has 1 heterocycles. The highest BCUT2D eigenvalue weighted by Gasteiger charge is 2.57. The molecule has 0 spiro atoms. The first-order valence-corrected chi connectivity index (χ1v) is 9.68. The topological polar surface area (TPSA) is 113 Å². The highest BCUT2D eigenvalue weighted by molar-refractivity contribution is 6.39. The number of carboxylic acid groups (broad SMARTS) is 1. The summed E-state index contributed by atoms with van der Waals surface area (Å²) in [5.74, 6) is -2.04. The molecule has 2 rings (SSSR count). The van der Waals surface area contributed by atoms with Crippen LogP contribution in [0.4, 0.5) is 5.69 Å². The van der Waals surface area contributed by atoms with Crippen LogP contribution < -0.4 is 11.1 Å². The van der Waals surface area contributed by atoms with Gasteiger partial charge in [0.15, 0.2) is 0 Å². The number of nitrogens with two attached hydrogens (primary N) is 1. The van der Waals surface area contributed by atoms with Crippen molar-refractivity contribution < 1.29 is 19.5 Å². The van der Waals surface area contributed by atoms with Crippen LogP contribution in [-0.4, -0.2) is 45.9 Å². The molecule has 0 saturated carbocycles. The number of benzene rings is 1. The Kier molecular flexibility index (Phi) is 6.21. The molecule has 4 N–H and O–H groups in total. The van der Waals surface area contributed by atoms with Crippen LogP contribution in [0.25, 0.3) is 0 Å². The molecule has 28 heavy (non-hydrogen) atoms. The molecule has 1 saturated heterocycles. The Bertz CT molecular complexity index is 799. The largest absolute Gasteiger partial charge is 0.479 e. The van der Waals surface area contributed by atoms with E-state index in [1.807, 2.05) is 0 Å². The monoisotopic (exact) mass is 429 g/mol. The van der Waals surface area contributed by atoms with Gasteiger partial charge >= 0.3 is 5.97 Å². The number of hydrogen-bond acceptors (Lipinski definition) is 4. The summed E-state index contributed by atoms with van der Waals surface area (Å²) in [5.41, 5.74) is 4.00. The Morgan fingerprint density at radius 3 is 2.25 bits per heavy atom. The summed E-state index contributed by atoms with van der Waals surface area (Å²) in [6, 6.07) is 1.80. The summed E-state index contributed by atoms with van der Waals surface area (Å²) < 4.78 is 0. The van der Waals surface area contributed by atoms with Crippen LogP contribution in [0.15, 0.2) is 12.1 Å². The first kappa shape index (κ1) is 22.3. The van der Waals surface area contributed by atoms with Gasteiger partial charge in [-0.25, -0.2) is 4.79 Å². The summed E-state index contributed by atoms with van der Waals surface area (Å²) in [5, 5.41) is 12.8. The maximum absolute atomic E-state index is 13.0. The molecule has 0 radical (unpaired) electrons. The first-order valence-electron chi connectivity index (χ1n) is 8.93. The van der Waals surface area contributed by atoms with Crippen molar-refractivity contribution >= 4 is 46.7 Å². The van der Waals surface area contributed by atoms with Crippen molar-refractivity contribution in [3.8, 4) is 0 Å². The number of nitrogen functional groups attached to an aromatic ring is 1. The maximum atomic E-state index is 13.0. The van der Waals surface area contributed by atoms with E-state index >= 15 is 0 Å². The zero-order valence-corrected chi connectivity index (χ0v) is 17.8. The summed E-state index contributed by atoms with van der Waals surface area (Å²) in [7, 11) is 0. The Hall–Kier alpha value is -1.99. The zero-order chi connectivity index (χ0) is 21.4. The van der Waals surface area contributed by atoms with Crippen molar-refractivity contribution in [2.24, 2.45) is 5.41 Å². The summed E-state index contributed by atoms with van der Waals surface area (Å²) in [6.07, 6.45) is 0.945. The number of carbonyl (C=O) groups excluding carboxylic acids is 2. The minimum atomic E-state index is -1.32. The summed E-state index contributed by atoms with van der Waals surface area (Å²) >= 11 is 11.9. The third-order valence-electron chi connectivity index (χ3n) is 5.30. The van der Waals surface area contributed by atoms with Gasteiger partial charge in [0.05, 0.1) is 15.7 Å². The van der Waals surface area contributed by atoms with Crippen molar-refractivity contribution in [2.45, 2.75) is 52.1 Å². The van der Waals surface area contributed by atoms with E-state index in [1.165, 1.54) is 24.0 Å². The molecule has 1 aromatic carbocycles. The number of likely N-dealkylation sites (tertiary alicyclic amines) is 1. The van der Waals surface area contributed by atoms with Crippen LogP contribution in [0.1, 0.15) is 50.9 Å². The van der Waals surface area contributed by atoms with Crippen molar-refractivity contribution in [2.75, 3.05) is 12.3 Å². The second-order valence-corrected chi connectivity index (χ2v) is 8.87. The highest BCUT2D eigenvalue weighted by atomic mass is 35.5. The third kappa shape index (κ3) is 3.78. The van der Waals surface area contributed by atoms with Gasteiger partial charge in [-0.05, 0) is 37.3 Å². The Morgan fingerprint density at radius 1 is 1.25 bits per heavy atom. The van der Waals surface area contributed by atoms with E-state index in [0.29, 0.717) is 19.4 Å². The van der Waals surface area contributed by atoms with Gasteiger partial charge < -0.3 is 21.1 Å². The van der Waals surface area contributed by atoms with Crippen LogP contribution in [-0.2, 0) is 9.59 Å². The quantitative estimate of drug-likeness (QED) is 0.635. The van der Waals surface area contributed by atoms with Crippen LogP contribution in [0.3, 0.4) is 0 Å². The van der Waals surface area contributed by atoms with E-state index in [1.54, 1.807) is 20.8 Å². The van der Waals surface area contributed by atoms with Gasteiger partial charge in [-0.1, -0.05) is 44.0 Å². The molecular weight excluding hydrogens is 405 g/mol. The summed E-state index contributed by atoms with van der Waals surface area (Å²) in [6.45, 7) is 7.24. The molecule has 1 aliphatic rings. The van der Waals surface area contributed by atoms with E-state index in [-0.39, 0.29) is 21.3 Å². The van der Waals surface area contributed by atoms with Crippen LogP contribution >= 0.6 is 23.2 Å². The van der Waals surface area contributed by atoms with E-state index < -0.39 is 34.8 Å². The molecule has 0 bridgehead atoms. The zero-order valence-electron chi connectivity index (χ0n) is 16.3. The molecule has 1 aliphatic heterocycles. The molecule has 0 aromatic heterocycles. The second kappa shape index (κ2) is 7.79. The average molecular weight is 430 g/mol. The van der Waals surface area contributed by atoms with E-state index in [9.17, 15) is 19.5 Å². The normalized spacial score (nSPS) is 20.7. The molecule has 1 fully saturated rings. The second-order valence-electron chi connectivity index (χ2n) is 8.06. The van der Waals surface area contributed by atoms with Gasteiger partial charge in [-0.3, -0.25) is 9.59 Å². The summed E-state index contributed by atoms with van der Waals surface area (Å²) in [4.78, 5) is 39.1. The number of anilines is 1. The lowest BCUT2D eigenvalue weighted by molar-refractivity contribution is -0.165. The molecule has 9 heteroatoms. The fraction of sp³-hybridized carbons (Fsp3) is 0.526. The van der Waals surface area contributed by atoms with E-state index in [0.717, 1.165) is 0 Å². The van der Waals surface area contributed by atoms with Crippen molar-refractivity contribution in [1.29, 1.82) is 0 Å². The Morgan fingerprint density at radius 2 is 1.79 bits per heavy atom. The standard InChI is InChI=1S/C19H25Cl2N3O4/c1-10(23-15(25)11-8-12(20)14(22)13(21)9-11)16(26)24-7-5-6-19(24,17(27)28)18(2,3)4/h8-10H,5-7,22H2,1-4H3,(H,23,25)(H,27,28). The smallest absolute Gasteiger partial charge is 0.330 e. The minimum absolute atomic E-state index is 0.133. The van der Waals surface area contributed by atoms with Crippen molar-refractivity contribution in [3.63, 3.8) is 0 Å². The Balaban J connectivity index is 2.24. The van der Waals surface area contributed by atoms with E-state index in [2.05, 4.69) is 5.32 Å². The van der Waals surface area contributed by atoms with Crippen LogP contribution in [0.2, 0.25) is 10.0 Å². The van der Waals surface area contributed by atoms with Crippen LogP contribution in [0.5, 0.6) is 0 Å². The third-order valence-corrected chi connectivity index (χ3v) is 5.93. The number of carbonyl (C=O) groups is 3. The van der Waals surface area contributed by atoms with Gasteiger partial charge in [0.2, 0.25) is 5.91 Å². The van der Waals surface area contributed by atoms with E-state index in [4.69, 9.17) is 28.9 Å². The van der Waals surface area contributed by atoms with Gasteiger partial charge in [-0.2, -0.15) is 0 Å². The number of nitrogens with zero attached hydrogens (tertiary/aromatic N) is 1. The molecule has 7 nitrogen and oxygen atoms in total. The molecule has 0 aliphatic carbocycles. The number of hydrogen-bond donors (Lipinski definition) is 3. The lowest BCUT2D eigenvalue weighted by Crippen LogP contribution is -2.63. The maximum Gasteiger partial charge on any atom is 0.330 e. The molecule has 2 atom stereocenters. The molecule has 2 amide bonds. The lowest BCUT2D eigenvalue weighted by Gasteiger charge is -2.45.